The second-order valence-corrected chi connectivity index (χ2v) is 17.3. The van der Waals surface area contributed by atoms with E-state index in [2.05, 4.69) is 80.0 Å². The zero-order valence-electron chi connectivity index (χ0n) is 20.9. The first-order valence-electron chi connectivity index (χ1n) is 11.8. The monoisotopic (exact) mass is 607 g/mol. The average molecular weight is 609 g/mol. The molecule has 0 radical (unpaired) electrons. The van der Waals surface area contributed by atoms with Crippen molar-refractivity contribution in [2.75, 3.05) is 4.90 Å². The molecule has 0 saturated heterocycles. The lowest BCUT2D eigenvalue weighted by atomic mass is 9.91. The van der Waals surface area contributed by atoms with E-state index in [1.54, 1.807) is 4.90 Å². The second kappa shape index (κ2) is 10.3. The molecule has 1 aliphatic heterocycles. The first kappa shape index (κ1) is 27.2. The molecule has 2 aromatic carbocycles. The minimum Gasteiger partial charge on any atom is -0.546 e. The quantitative estimate of drug-likeness (QED) is 0.231. The number of fused-ring (bicyclic) bond motifs is 1. The van der Waals surface area contributed by atoms with E-state index in [0.29, 0.717) is 44.7 Å². The number of halogens is 2. The topological polar surface area (TPSA) is 49.8 Å². The number of carbonyl (C=O) groups excluding carboxylic acids is 1. The maximum Gasteiger partial charge on any atom is 0.264 e. The van der Waals surface area contributed by atoms with Crippen LogP contribution in [0, 0.1) is 0 Å². The summed E-state index contributed by atoms with van der Waals surface area (Å²) in [7, 11) is -2.26. The molecule has 1 amide bonds. The van der Waals surface area contributed by atoms with Gasteiger partial charge in [0.15, 0.2) is 5.60 Å². The van der Waals surface area contributed by atoms with Crippen LogP contribution in [-0.4, -0.2) is 19.3 Å². The molecular weight excluding hydrogens is 574 g/mol. The highest BCUT2D eigenvalue weighted by Crippen LogP contribution is 2.50. The van der Waals surface area contributed by atoms with Crippen molar-refractivity contribution < 1.29 is 14.3 Å². The van der Waals surface area contributed by atoms with E-state index < -0.39 is 13.9 Å². The van der Waals surface area contributed by atoms with Crippen LogP contribution in [0.2, 0.25) is 16.6 Å². The van der Waals surface area contributed by atoms with Crippen LogP contribution in [0.3, 0.4) is 0 Å². The third-order valence-corrected chi connectivity index (χ3v) is 14.1. The molecular formula is C27H35Br2NO3Si. The molecule has 184 valence electrons. The molecule has 0 spiro atoms. The minimum atomic E-state index is -2.26. The molecule has 0 fully saturated rings. The first-order valence-corrected chi connectivity index (χ1v) is 15.5. The van der Waals surface area contributed by atoms with Gasteiger partial charge in [-0.1, -0.05) is 110 Å². The minimum absolute atomic E-state index is 0.0191. The highest BCUT2D eigenvalue weighted by Gasteiger charge is 2.53. The molecule has 0 bridgehead atoms. The highest BCUT2D eigenvalue weighted by atomic mass is 79.9. The van der Waals surface area contributed by atoms with Gasteiger partial charge in [-0.2, -0.15) is 0 Å². The maximum atomic E-state index is 13.8. The van der Waals surface area contributed by atoms with Crippen molar-refractivity contribution in [2.45, 2.75) is 76.7 Å². The smallest absolute Gasteiger partial charge is 0.264 e. The van der Waals surface area contributed by atoms with Crippen molar-refractivity contribution in [2.24, 2.45) is 0 Å². The van der Waals surface area contributed by atoms with Crippen molar-refractivity contribution in [3.63, 3.8) is 0 Å². The molecule has 0 unspecified atom stereocenters. The number of hydrogen-bond acceptors (Lipinski definition) is 3. The standard InChI is InChI=1S/C27H35Br2NO3Si/c1-17(2)34(18(3)4,19(5)6)33-20(7)15-27(32)25-23(29)13-22(28)14-24(25)30(26(27)31)16-21-11-9-8-10-12-21/h8-14,17-19,32H,7,15-16H2,1-6H3/t27-/m1/s1. The van der Waals surface area contributed by atoms with Crippen LogP contribution >= 0.6 is 31.9 Å². The van der Waals surface area contributed by atoms with Gasteiger partial charge in [-0.05, 0) is 34.3 Å². The molecule has 1 N–H and O–H groups in total. The number of anilines is 1. The van der Waals surface area contributed by atoms with E-state index in [4.69, 9.17) is 4.43 Å². The third kappa shape index (κ3) is 4.81. The number of benzene rings is 2. The van der Waals surface area contributed by atoms with Crippen molar-refractivity contribution in [3.05, 3.63) is 74.9 Å². The molecule has 7 heteroatoms. The largest absolute Gasteiger partial charge is 0.546 e. The zero-order valence-corrected chi connectivity index (χ0v) is 25.0. The Morgan fingerprint density at radius 1 is 1.06 bits per heavy atom. The third-order valence-electron chi connectivity index (χ3n) is 7.00. The van der Waals surface area contributed by atoms with Crippen LogP contribution < -0.4 is 4.90 Å². The molecule has 34 heavy (non-hydrogen) atoms. The fourth-order valence-corrected chi connectivity index (χ4v) is 12.4. The first-order chi connectivity index (χ1) is 15.8. The number of nitrogens with zero attached hydrogens (tertiary/aromatic N) is 1. The lowest BCUT2D eigenvalue weighted by Gasteiger charge is -2.43. The molecule has 1 aliphatic rings. The average Bonchev–Trinajstić information content (AvgIpc) is 2.93. The predicted octanol–water partition coefficient (Wildman–Crippen LogP) is 8.04. The van der Waals surface area contributed by atoms with Crippen molar-refractivity contribution in [1.82, 2.24) is 0 Å². The summed E-state index contributed by atoms with van der Waals surface area (Å²) in [6.45, 7) is 17.8. The summed E-state index contributed by atoms with van der Waals surface area (Å²) in [6.07, 6.45) is 0.0191. The van der Waals surface area contributed by atoms with Crippen LogP contribution in [0.5, 0.6) is 0 Å². The summed E-state index contributed by atoms with van der Waals surface area (Å²) in [5, 5.41) is 12.0. The van der Waals surface area contributed by atoms with E-state index in [9.17, 15) is 9.90 Å². The van der Waals surface area contributed by atoms with E-state index in [1.165, 1.54) is 0 Å². The molecule has 3 rings (SSSR count). The summed E-state index contributed by atoms with van der Waals surface area (Å²) in [5.41, 5.74) is 1.57. The Balaban J connectivity index is 2.01. The van der Waals surface area contributed by atoms with E-state index in [1.807, 2.05) is 42.5 Å². The van der Waals surface area contributed by atoms with Gasteiger partial charge in [0.05, 0.1) is 18.0 Å². The number of aliphatic hydroxyl groups is 1. The lowest BCUT2D eigenvalue weighted by molar-refractivity contribution is -0.136. The number of carbonyl (C=O) groups is 1. The lowest BCUT2D eigenvalue weighted by Crippen LogP contribution is -2.48. The Kier molecular flexibility index (Phi) is 8.23. The fraction of sp³-hybridized carbons (Fsp3) is 0.444. The molecule has 1 heterocycles. The van der Waals surface area contributed by atoms with Gasteiger partial charge < -0.3 is 14.4 Å². The zero-order chi connectivity index (χ0) is 25.4. The summed E-state index contributed by atoms with van der Waals surface area (Å²) in [5.74, 6) is 0.113. The molecule has 1 atom stereocenters. The molecule has 0 aromatic heterocycles. The highest BCUT2D eigenvalue weighted by molar-refractivity contribution is 9.11. The van der Waals surface area contributed by atoms with Crippen molar-refractivity contribution >= 4 is 51.8 Å². The predicted molar refractivity (Wildman–Crippen MR) is 149 cm³/mol. The Hall–Kier alpha value is -1.41. The molecule has 0 aliphatic carbocycles. The Bertz CT molecular complexity index is 1050. The van der Waals surface area contributed by atoms with Gasteiger partial charge in [-0.3, -0.25) is 4.79 Å². The molecule has 2 aromatic rings. The van der Waals surface area contributed by atoms with Crippen LogP contribution in [0.4, 0.5) is 5.69 Å². The Morgan fingerprint density at radius 3 is 2.15 bits per heavy atom. The Labute approximate surface area is 221 Å². The van der Waals surface area contributed by atoms with Crippen LogP contribution in [0.1, 0.15) is 59.1 Å². The van der Waals surface area contributed by atoms with Crippen molar-refractivity contribution in [3.8, 4) is 0 Å². The summed E-state index contributed by atoms with van der Waals surface area (Å²) >= 11 is 7.14. The number of rotatable bonds is 9. The summed E-state index contributed by atoms with van der Waals surface area (Å²) in [6, 6.07) is 13.6. The number of hydrogen-bond donors (Lipinski definition) is 1. The van der Waals surface area contributed by atoms with E-state index in [0.717, 1.165) is 10.0 Å². The van der Waals surface area contributed by atoms with Gasteiger partial charge in [0.25, 0.3) is 14.2 Å². The van der Waals surface area contributed by atoms with Gasteiger partial charge in [0.2, 0.25) is 0 Å². The van der Waals surface area contributed by atoms with Gasteiger partial charge in [-0.25, -0.2) is 0 Å². The second-order valence-electron chi connectivity index (χ2n) is 10.2. The van der Waals surface area contributed by atoms with Gasteiger partial charge in [-0.15, -0.1) is 0 Å². The molecule has 4 nitrogen and oxygen atoms in total. The van der Waals surface area contributed by atoms with Gasteiger partial charge in [0, 0.05) is 20.9 Å². The maximum absolute atomic E-state index is 13.8. The normalized spacial score (nSPS) is 18.2. The van der Waals surface area contributed by atoms with Crippen LogP contribution in [-0.2, 0) is 21.4 Å². The Morgan fingerprint density at radius 2 is 1.62 bits per heavy atom. The van der Waals surface area contributed by atoms with Crippen molar-refractivity contribution in [1.29, 1.82) is 0 Å². The van der Waals surface area contributed by atoms with Gasteiger partial charge >= 0.3 is 0 Å². The summed E-state index contributed by atoms with van der Waals surface area (Å²) < 4.78 is 8.22. The van der Waals surface area contributed by atoms with Crippen LogP contribution in [0.25, 0.3) is 0 Å². The van der Waals surface area contributed by atoms with Crippen LogP contribution in [0.15, 0.2) is 63.7 Å². The fourth-order valence-electron chi connectivity index (χ4n) is 5.63. The van der Waals surface area contributed by atoms with E-state index >= 15 is 0 Å². The molecule has 0 saturated carbocycles. The SMILES string of the molecule is C=C(C[C@]1(O)C(=O)N(Cc2ccccc2)c2cc(Br)cc(Br)c21)O[Si](C(C)C)(C(C)C)C(C)C. The summed E-state index contributed by atoms with van der Waals surface area (Å²) in [4.78, 5) is 15.5. The number of amides is 1. The van der Waals surface area contributed by atoms with Gasteiger partial charge in [0.1, 0.15) is 0 Å². The van der Waals surface area contributed by atoms with E-state index in [-0.39, 0.29) is 12.3 Å².